The highest BCUT2D eigenvalue weighted by Gasteiger charge is 2.05. The first-order chi connectivity index (χ1) is 7.29. The molecule has 15 heavy (non-hydrogen) atoms. The fraction of sp³-hybridized carbons (Fsp3) is 0. The van der Waals surface area contributed by atoms with Gasteiger partial charge in [0.25, 0.3) is 0 Å². The normalized spacial score (nSPS) is 9.60. The first-order valence-electron chi connectivity index (χ1n) is 4.19. The molecule has 0 bridgehead atoms. The number of ether oxygens (including phenoxy) is 1. The summed E-state index contributed by atoms with van der Waals surface area (Å²) in [6, 6.07) is 9.48. The predicted octanol–water partition coefficient (Wildman–Crippen LogP) is 4.23. The minimum absolute atomic E-state index is 0.177. The van der Waals surface area contributed by atoms with Crippen LogP contribution in [0.4, 0.5) is 9.39 Å². The molecular weight excluding hydrogens is 213 g/mol. The van der Waals surface area contributed by atoms with Crippen molar-refractivity contribution in [1.29, 1.82) is 0 Å². The van der Waals surface area contributed by atoms with Gasteiger partial charge in [0.05, 0.1) is 6.57 Å². The fourth-order valence-corrected chi connectivity index (χ4v) is 1.72. The van der Waals surface area contributed by atoms with Crippen LogP contribution in [0.15, 0.2) is 36.4 Å². The SMILES string of the molecule is [C-]#[N+]c1ccc(Oc2ccccc2F)s1. The number of thiophene rings is 1. The third kappa shape index (κ3) is 2.14. The Morgan fingerprint density at radius 2 is 2.00 bits per heavy atom. The van der Waals surface area contributed by atoms with Crippen molar-refractivity contribution in [3.8, 4) is 10.8 Å². The van der Waals surface area contributed by atoms with Crippen molar-refractivity contribution in [3.05, 3.63) is 53.6 Å². The Morgan fingerprint density at radius 1 is 1.20 bits per heavy atom. The molecule has 0 aliphatic carbocycles. The first-order valence-corrected chi connectivity index (χ1v) is 5.01. The van der Waals surface area contributed by atoms with Crippen molar-refractivity contribution in [2.24, 2.45) is 0 Å². The summed E-state index contributed by atoms with van der Waals surface area (Å²) in [5, 5.41) is 1.05. The van der Waals surface area contributed by atoms with Gasteiger partial charge in [0, 0.05) is 0 Å². The van der Waals surface area contributed by atoms with Crippen LogP contribution in [-0.4, -0.2) is 0 Å². The molecule has 4 heteroatoms. The van der Waals surface area contributed by atoms with Crippen molar-refractivity contribution in [1.82, 2.24) is 0 Å². The molecule has 0 saturated heterocycles. The molecule has 0 aliphatic rings. The molecule has 0 atom stereocenters. The molecule has 0 radical (unpaired) electrons. The van der Waals surface area contributed by atoms with Crippen LogP contribution in [0.25, 0.3) is 4.85 Å². The van der Waals surface area contributed by atoms with Gasteiger partial charge in [-0.15, -0.1) is 11.3 Å². The van der Waals surface area contributed by atoms with E-state index in [0.29, 0.717) is 10.1 Å². The van der Waals surface area contributed by atoms with Crippen LogP contribution in [-0.2, 0) is 0 Å². The zero-order valence-corrected chi connectivity index (χ0v) is 8.42. The summed E-state index contributed by atoms with van der Waals surface area (Å²) in [5.41, 5.74) is 0. The zero-order chi connectivity index (χ0) is 10.7. The lowest BCUT2D eigenvalue weighted by Crippen LogP contribution is -1.84. The Morgan fingerprint density at radius 3 is 2.67 bits per heavy atom. The highest BCUT2D eigenvalue weighted by atomic mass is 32.1. The molecule has 2 aromatic rings. The molecule has 1 heterocycles. The Labute approximate surface area is 90.4 Å². The molecule has 1 aromatic heterocycles. The lowest BCUT2D eigenvalue weighted by atomic mass is 10.3. The fourth-order valence-electron chi connectivity index (χ4n) is 1.06. The predicted molar refractivity (Wildman–Crippen MR) is 57.1 cm³/mol. The molecule has 0 spiro atoms. The van der Waals surface area contributed by atoms with Crippen LogP contribution < -0.4 is 4.74 Å². The number of nitrogens with zero attached hydrogens (tertiary/aromatic N) is 1. The van der Waals surface area contributed by atoms with Crippen molar-refractivity contribution in [2.45, 2.75) is 0 Å². The van der Waals surface area contributed by atoms with E-state index in [-0.39, 0.29) is 5.75 Å². The summed E-state index contributed by atoms with van der Waals surface area (Å²) in [5.74, 6) is -0.230. The second kappa shape index (κ2) is 4.11. The summed E-state index contributed by atoms with van der Waals surface area (Å²) in [6.07, 6.45) is 0. The largest absolute Gasteiger partial charge is 0.445 e. The molecule has 74 valence electrons. The minimum atomic E-state index is -0.407. The number of para-hydroxylation sites is 1. The molecule has 1 aromatic carbocycles. The summed E-state index contributed by atoms with van der Waals surface area (Å²) >= 11 is 1.19. The lowest BCUT2D eigenvalue weighted by Gasteiger charge is -2.02. The summed E-state index contributed by atoms with van der Waals surface area (Å²) in [4.78, 5) is 3.25. The van der Waals surface area contributed by atoms with E-state index in [1.165, 1.54) is 17.4 Å². The summed E-state index contributed by atoms with van der Waals surface area (Å²) in [6.45, 7) is 6.78. The van der Waals surface area contributed by atoms with Crippen molar-refractivity contribution in [3.63, 3.8) is 0 Å². The Kier molecular flexibility index (Phi) is 2.66. The Balaban J connectivity index is 2.23. The van der Waals surface area contributed by atoms with Gasteiger partial charge in [-0.1, -0.05) is 12.1 Å². The Hall–Kier alpha value is -1.86. The van der Waals surface area contributed by atoms with E-state index in [1.807, 2.05) is 0 Å². The maximum absolute atomic E-state index is 13.2. The average molecular weight is 219 g/mol. The number of hydrogen-bond acceptors (Lipinski definition) is 2. The Bertz CT molecular complexity index is 515. The van der Waals surface area contributed by atoms with Crippen LogP contribution in [0, 0.1) is 12.4 Å². The van der Waals surface area contributed by atoms with E-state index in [0.717, 1.165) is 0 Å². The molecule has 0 aliphatic heterocycles. The quantitative estimate of drug-likeness (QED) is 0.689. The van der Waals surface area contributed by atoms with Gasteiger partial charge in [0.1, 0.15) is 0 Å². The van der Waals surface area contributed by atoms with E-state index >= 15 is 0 Å². The van der Waals surface area contributed by atoms with Crippen LogP contribution in [0.5, 0.6) is 10.8 Å². The topological polar surface area (TPSA) is 13.6 Å². The molecule has 0 amide bonds. The van der Waals surface area contributed by atoms with E-state index in [4.69, 9.17) is 11.3 Å². The van der Waals surface area contributed by atoms with Gasteiger partial charge in [-0.3, -0.25) is 0 Å². The zero-order valence-electron chi connectivity index (χ0n) is 7.61. The number of benzene rings is 1. The molecule has 2 rings (SSSR count). The van der Waals surface area contributed by atoms with E-state index < -0.39 is 5.82 Å². The molecular formula is C11H6FNOS. The molecule has 2 nitrogen and oxygen atoms in total. The molecule has 0 unspecified atom stereocenters. The molecule has 0 fully saturated rings. The van der Waals surface area contributed by atoms with Crippen LogP contribution in [0.3, 0.4) is 0 Å². The van der Waals surface area contributed by atoms with E-state index in [1.54, 1.807) is 30.3 Å². The summed E-state index contributed by atoms with van der Waals surface area (Å²) < 4.78 is 18.5. The monoisotopic (exact) mass is 219 g/mol. The highest BCUT2D eigenvalue weighted by molar-refractivity contribution is 7.17. The van der Waals surface area contributed by atoms with E-state index in [2.05, 4.69) is 4.85 Å². The van der Waals surface area contributed by atoms with Gasteiger partial charge in [0.15, 0.2) is 16.6 Å². The maximum atomic E-state index is 13.2. The third-order valence-corrected chi connectivity index (χ3v) is 2.58. The smallest absolute Gasteiger partial charge is 0.244 e. The minimum Gasteiger partial charge on any atom is -0.445 e. The highest BCUT2D eigenvalue weighted by Crippen LogP contribution is 2.34. The number of rotatable bonds is 2. The van der Waals surface area contributed by atoms with Crippen LogP contribution >= 0.6 is 11.3 Å². The first kappa shape index (κ1) is 9.69. The standard InChI is InChI=1S/C11H6FNOS/c1-13-10-6-7-11(15-10)14-9-5-3-2-4-8(9)12/h2-7H. The van der Waals surface area contributed by atoms with Gasteiger partial charge in [-0.2, -0.15) is 0 Å². The molecule has 0 saturated carbocycles. The van der Waals surface area contributed by atoms with Crippen molar-refractivity contribution in [2.75, 3.05) is 0 Å². The van der Waals surface area contributed by atoms with Gasteiger partial charge < -0.3 is 4.74 Å². The molecule has 0 N–H and O–H groups in total. The van der Waals surface area contributed by atoms with Crippen LogP contribution in [0.1, 0.15) is 0 Å². The van der Waals surface area contributed by atoms with Gasteiger partial charge in [-0.05, 0) is 24.3 Å². The second-order valence-corrected chi connectivity index (χ2v) is 3.76. The second-order valence-electron chi connectivity index (χ2n) is 2.74. The third-order valence-electron chi connectivity index (χ3n) is 1.72. The summed E-state index contributed by atoms with van der Waals surface area (Å²) in [7, 11) is 0. The van der Waals surface area contributed by atoms with Crippen molar-refractivity contribution < 1.29 is 9.13 Å². The van der Waals surface area contributed by atoms with Gasteiger partial charge in [-0.25, -0.2) is 9.24 Å². The number of halogens is 1. The van der Waals surface area contributed by atoms with Crippen molar-refractivity contribution >= 4 is 16.3 Å². The van der Waals surface area contributed by atoms with Gasteiger partial charge >= 0.3 is 0 Å². The van der Waals surface area contributed by atoms with Gasteiger partial charge in [0.2, 0.25) is 5.00 Å². The van der Waals surface area contributed by atoms with E-state index in [9.17, 15) is 4.39 Å². The average Bonchev–Trinajstić information content (AvgIpc) is 2.69. The number of hydrogen-bond donors (Lipinski definition) is 0. The lowest BCUT2D eigenvalue weighted by molar-refractivity contribution is 0.452. The maximum Gasteiger partial charge on any atom is 0.244 e. The van der Waals surface area contributed by atoms with Crippen LogP contribution in [0.2, 0.25) is 0 Å².